The van der Waals surface area contributed by atoms with Crippen molar-refractivity contribution in [3.8, 4) is 0 Å². The van der Waals surface area contributed by atoms with Crippen LogP contribution in [-0.2, 0) is 6.42 Å². The molecular weight excluding hydrogens is 130 g/mol. The van der Waals surface area contributed by atoms with E-state index in [9.17, 15) is 4.79 Å². The van der Waals surface area contributed by atoms with E-state index >= 15 is 0 Å². The fraction of sp³-hybridized carbons (Fsp3) is 0.429. The zero-order valence-electron chi connectivity index (χ0n) is 6.10. The van der Waals surface area contributed by atoms with Crippen LogP contribution in [0.3, 0.4) is 0 Å². The van der Waals surface area contributed by atoms with Gasteiger partial charge in [-0.2, -0.15) is 0 Å². The van der Waals surface area contributed by atoms with Gasteiger partial charge in [0.1, 0.15) is 5.76 Å². The van der Waals surface area contributed by atoms with E-state index in [2.05, 4.69) is 4.98 Å². The van der Waals surface area contributed by atoms with Crippen LogP contribution in [-0.4, -0.2) is 0 Å². The first-order valence-corrected chi connectivity index (χ1v) is 3.25. The lowest BCUT2D eigenvalue weighted by Gasteiger charge is -1.87. The van der Waals surface area contributed by atoms with Gasteiger partial charge in [-0.1, -0.05) is 6.92 Å². The van der Waals surface area contributed by atoms with Gasteiger partial charge in [-0.3, -0.25) is 0 Å². The molecule has 0 atom stereocenters. The topological polar surface area (TPSA) is 44.4 Å². The Morgan fingerprint density at radius 2 is 2.40 bits per heavy atom. The van der Waals surface area contributed by atoms with Crippen molar-refractivity contribution in [2.45, 2.75) is 20.3 Å². The van der Waals surface area contributed by atoms with E-state index in [-0.39, 0.29) is 5.56 Å². The molecular formula is C7H10NO2+. The minimum atomic E-state index is -0.0967. The fourth-order valence-electron chi connectivity index (χ4n) is 0.768. The molecule has 0 saturated heterocycles. The summed E-state index contributed by atoms with van der Waals surface area (Å²) in [6.07, 6.45) is 0.719. The van der Waals surface area contributed by atoms with Gasteiger partial charge in [-0.15, -0.1) is 4.98 Å². The lowest BCUT2D eigenvalue weighted by atomic mass is 10.4. The van der Waals surface area contributed by atoms with Crippen molar-refractivity contribution in [3.05, 3.63) is 28.1 Å². The fourth-order valence-corrected chi connectivity index (χ4v) is 0.768. The summed E-state index contributed by atoms with van der Waals surface area (Å²) in [6, 6.07) is 1.43. The van der Waals surface area contributed by atoms with Gasteiger partial charge in [0.05, 0.1) is 12.5 Å². The Morgan fingerprint density at radius 1 is 1.70 bits per heavy atom. The molecule has 54 valence electrons. The summed E-state index contributed by atoms with van der Waals surface area (Å²) in [7, 11) is 0. The van der Waals surface area contributed by atoms with Gasteiger partial charge in [0.2, 0.25) is 0 Å². The number of rotatable bonds is 1. The Kier molecular flexibility index (Phi) is 1.85. The molecule has 0 spiro atoms. The third-order valence-corrected chi connectivity index (χ3v) is 1.20. The Morgan fingerprint density at radius 3 is 2.90 bits per heavy atom. The molecule has 0 unspecified atom stereocenters. The first kappa shape index (κ1) is 6.99. The van der Waals surface area contributed by atoms with Crippen molar-refractivity contribution in [1.29, 1.82) is 0 Å². The largest absolute Gasteiger partial charge is 0.416 e. The second-order valence-corrected chi connectivity index (χ2v) is 2.12. The predicted molar refractivity (Wildman–Crippen MR) is 35.6 cm³/mol. The van der Waals surface area contributed by atoms with Gasteiger partial charge in [0.15, 0.2) is 0 Å². The molecule has 10 heavy (non-hydrogen) atoms. The van der Waals surface area contributed by atoms with Gasteiger partial charge in [-0.25, -0.2) is 4.79 Å². The number of nitrogens with one attached hydrogen (secondary N) is 1. The van der Waals surface area contributed by atoms with Crippen molar-refractivity contribution in [1.82, 2.24) is 0 Å². The molecule has 0 amide bonds. The van der Waals surface area contributed by atoms with Crippen molar-refractivity contribution < 1.29 is 9.40 Å². The van der Waals surface area contributed by atoms with E-state index in [1.165, 1.54) is 6.07 Å². The van der Waals surface area contributed by atoms with Crippen LogP contribution in [0.15, 0.2) is 15.3 Å². The third kappa shape index (κ3) is 1.43. The molecule has 1 N–H and O–H groups in total. The highest BCUT2D eigenvalue weighted by atomic mass is 16.3. The summed E-state index contributed by atoms with van der Waals surface area (Å²) >= 11 is 0. The second-order valence-electron chi connectivity index (χ2n) is 2.12. The van der Waals surface area contributed by atoms with Crippen LogP contribution in [0.4, 0.5) is 0 Å². The van der Waals surface area contributed by atoms with Crippen LogP contribution in [0.2, 0.25) is 0 Å². The van der Waals surface area contributed by atoms with E-state index < -0.39 is 0 Å². The quantitative estimate of drug-likeness (QED) is 0.564. The molecule has 1 rings (SSSR count). The maximum absolute atomic E-state index is 10.8. The van der Waals surface area contributed by atoms with Gasteiger partial charge < -0.3 is 4.42 Å². The number of aromatic nitrogens is 1. The van der Waals surface area contributed by atoms with Crippen LogP contribution < -0.4 is 10.5 Å². The Bertz CT molecular complexity index is 277. The summed E-state index contributed by atoms with van der Waals surface area (Å²) in [5, 5.41) is 0. The van der Waals surface area contributed by atoms with Gasteiger partial charge in [-0.05, 0) is 6.92 Å². The minimum absolute atomic E-state index is 0.0967. The Hall–Kier alpha value is -1.12. The van der Waals surface area contributed by atoms with Crippen LogP contribution in [0, 0.1) is 6.92 Å². The molecule has 1 aromatic rings. The van der Waals surface area contributed by atoms with Crippen molar-refractivity contribution >= 4 is 0 Å². The number of hydrogen-bond donors (Lipinski definition) is 0. The van der Waals surface area contributed by atoms with Crippen LogP contribution in [0.25, 0.3) is 0 Å². The minimum Gasteiger partial charge on any atom is -0.413 e. The molecule has 3 nitrogen and oxygen atoms in total. The first-order valence-electron chi connectivity index (χ1n) is 3.25. The first-order chi connectivity index (χ1) is 4.72. The predicted octanol–water partition coefficient (Wildman–Crippen LogP) is 0.325. The number of aryl methyl sites for hydroxylation is 2. The maximum Gasteiger partial charge on any atom is 0.416 e. The summed E-state index contributed by atoms with van der Waals surface area (Å²) in [4.78, 5) is 13.3. The summed E-state index contributed by atoms with van der Waals surface area (Å²) < 4.78 is 5.15. The van der Waals surface area contributed by atoms with E-state index in [1.54, 1.807) is 6.92 Å². The zero-order valence-corrected chi connectivity index (χ0v) is 6.10. The van der Waals surface area contributed by atoms with Crippen molar-refractivity contribution in [2.24, 2.45) is 0 Å². The molecule has 0 aliphatic carbocycles. The average molecular weight is 140 g/mol. The maximum atomic E-state index is 10.8. The van der Waals surface area contributed by atoms with Crippen molar-refractivity contribution in [2.75, 3.05) is 0 Å². The van der Waals surface area contributed by atoms with E-state index in [4.69, 9.17) is 4.42 Å². The number of hydrogen-bond acceptors (Lipinski definition) is 2. The molecule has 1 heterocycles. The summed E-state index contributed by atoms with van der Waals surface area (Å²) in [6.45, 7) is 3.68. The lowest BCUT2D eigenvalue weighted by molar-refractivity contribution is -0.428. The molecule has 0 aliphatic heterocycles. The molecule has 3 heteroatoms. The smallest absolute Gasteiger partial charge is 0.413 e. The number of aromatic amines is 1. The molecule has 0 aliphatic rings. The summed E-state index contributed by atoms with van der Waals surface area (Å²) in [5.41, 5.74) is -0.0967. The molecule has 0 saturated carbocycles. The molecule has 0 bridgehead atoms. The van der Waals surface area contributed by atoms with Crippen LogP contribution >= 0.6 is 0 Å². The average Bonchev–Trinajstić information content (AvgIpc) is 1.85. The van der Waals surface area contributed by atoms with Gasteiger partial charge in [0.25, 0.3) is 0 Å². The monoisotopic (exact) mass is 140 g/mol. The molecule has 0 fully saturated rings. The Labute approximate surface area is 58.7 Å². The molecule has 1 aromatic heterocycles. The zero-order chi connectivity index (χ0) is 7.56. The Balaban J connectivity index is 3.19. The van der Waals surface area contributed by atoms with Crippen molar-refractivity contribution in [3.63, 3.8) is 0 Å². The van der Waals surface area contributed by atoms with Gasteiger partial charge >= 0.3 is 11.4 Å². The van der Waals surface area contributed by atoms with E-state index in [1.807, 2.05) is 6.92 Å². The highest BCUT2D eigenvalue weighted by Gasteiger charge is 2.03. The second kappa shape index (κ2) is 2.64. The lowest BCUT2D eigenvalue weighted by Crippen LogP contribution is -2.29. The third-order valence-electron chi connectivity index (χ3n) is 1.20. The SMILES string of the molecule is CCc1[nH+]c(=O)cc(C)o1. The molecule has 0 aromatic carbocycles. The standard InChI is InChI=1S/C7H9NO2/c1-3-7-8-6(9)4-5(2)10-7/h4H,3H2,1-2H3/p+1. The normalized spacial score (nSPS) is 9.80. The highest BCUT2D eigenvalue weighted by molar-refractivity contribution is 4.88. The van der Waals surface area contributed by atoms with Gasteiger partial charge in [0, 0.05) is 0 Å². The summed E-state index contributed by atoms with van der Waals surface area (Å²) in [5.74, 6) is 1.28. The van der Waals surface area contributed by atoms with Crippen LogP contribution in [0.5, 0.6) is 0 Å². The molecule has 0 radical (unpaired) electrons. The highest BCUT2D eigenvalue weighted by Crippen LogP contribution is 1.92. The van der Waals surface area contributed by atoms with E-state index in [0.29, 0.717) is 11.7 Å². The van der Waals surface area contributed by atoms with Crippen LogP contribution in [0.1, 0.15) is 18.6 Å². The van der Waals surface area contributed by atoms with E-state index in [0.717, 1.165) is 6.42 Å². The number of H-pyrrole nitrogens is 1.